The van der Waals surface area contributed by atoms with Crippen LogP contribution in [0, 0.1) is 47.3 Å². The van der Waals surface area contributed by atoms with Gasteiger partial charge in [0.2, 0.25) is 0 Å². The molecule has 0 bridgehead atoms. The van der Waals surface area contributed by atoms with Crippen molar-refractivity contribution in [3.63, 3.8) is 0 Å². The molecule has 6 saturated heterocycles. The zero-order valence-corrected chi connectivity index (χ0v) is 47.0. The first-order chi connectivity index (χ1) is 36.2. The minimum Gasteiger partial charge on any atom is -0.382 e. The van der Waals surface area contributed by atoms with Gasteiger partial charge in [0, 0.05) is 64.8 Å². The highest BCUT2D eigenvalue weighted by molar-refractivity contribution is 5.17. The van der Waals surface area contributed by atoms with E-state index in [1.54, 1.807) is 35.5 Å². The fraction of sp³-hybridized carbons (Fsp3) is 0.793. The van der Waals surface area contributed by atoms with Gasteiger partial charge < -0.3 is 80.5 Å². The topological polar surface area (TPSA) is 157 Å². The van der Waals surface area contributed by atoms with Crippen LogP contribution in [0.5, 0.6) is 0 Å². The Morgan fingerprint density at radius 1 is 0.413 bits per heavy atom. The average molecular weight is 1060 g/mol. The van der Waals surface area contributed by atoms with Gasteiger partial charge in [0.1, 0.15) is 42.7 Å². The molecule has 11 unspecified atom stereocenters. The van der Waals surface area contributed by atoms with Gasteiger partial charge in [0.05, 0.1) is 76.3 Å². The van der Waals surface area contributed by atoms with Crippen molar-refractivity contribution in [2.24, 2.45) is 47.3 Å². The van der Waals surface area contributed by atoms with Gasteiger partial charge in [-0.15, -0.1) is 0 Å². The fourth-order valence-corrected chi connectivity index (χ4v) is 12.3. The molecule has 6 fully saturated rings. The van der Waals surface area contributed by atoms with E-state index in [0.717, 1.165) is 11.1 Å². The Morgan fingerprint density at radius 2 is 0.853 bits per heavy atom. The highest BCUT2D eigenvalue weighted by Gasteiger charge is 2.55. The highest BCUT2D eigenvalue weighted by Crippen LogP contribution is 2.45. The SMILES string of the molecule is COCC1O[C@@H](O[C@H]2C(C)C(C)[C@@H](O[C@H]3C(C)C(OC)[C@H](O[C@@H]4C(COCc5ccccc5)O[C@@H](C)C(C)[C@H]4C)O[C@H]3COC)O[C@H]2COC)C(OC)[C@@H](C)[C@@H]1O[C@H]1OC2COC(c3ccccc3)O[C@H]2[C@H](C)C1C. The third kappa shape index (κ3) is 13.3. The van der Waals surface area contributed by atoms with E-state index in [-0.39, 0.29) is 97.7 Å². The summed E-state index contributed by atoms with van der Waals surface area (Å²) in [5.41, 5.74) is 2.08. The molecule has 17 heteroatoms. The van der Waals surface area contributed by atoms with E-state index in [0.29, 0.717) is 19.8 Å². The van der Waals surface area contributed by atoms with Crippen molar-refractivity contribution in [3.05, 3.63) is 71.8 Å². The molecule has 0 saturated carbocycles. The number of rotatable bonds is 21. The largest absolute Gasteiger partial charge is 0.382 e. The van der Waals surface area contributed by atoms with Crippen LogP contribution in [-0.4, -0.2) is 173 Å². The summed E-state index contributed by atoms with van der Waals surface area (Å²) in [5, 5.41) is 0. The molecule has 2 aromatic rings. The Labute approximate surface area is 446 Å². The lowest BCUT2D eigenvalue weighted by Gasteiger charge is -2.52. The fourth-order valence-electron chi connectivity index (χ4n) is 12.3. The third-order valence-corrected chi connectivity index (χ3v) is 17.6. The zero-order valence-electron chi connectivity index (χ0n) is 47.0. The van der Waals surface area contributed by atoms with Crippen LogP contribution in [0.2, 0.25) is 0 Å². The lowest BCUT2D eigenvalue weighted by molar-refractivity contribution is -0.383. The first kappa shape index (κ1) is 58.9. The van der Waals surface area contributed by atoms with E-state index in [1.165, 1.54) is 0 Å². The molecule has 6 aliphatic rings. The van der Waals surface area contributed by atoms with E-state index in [2.05, 4.69) is 74.4 Å². The number of hydrogen-bond acceptors (Lipinski definition) is 17. The van der Waals surface area contributed by atoms with Crippen molar-refractivity contribution in [1.82, 2.24) is 0 Å². The van der Waals surface area contributed by atoms with Crippen LogP contribution in [0.3, 0.4) is 0 Å². The summed E-state index contributed by atoms with van der Waals surface area (Å²) >= 11 is 0. The van der Waals surface area contributed by atoms with E-state index >= 15 is 0 Å². The van der Waals surface area contributed by atoms with Gasteiger partial charge in [-0.05, 0) is 36.2 Å². The molecule has 17 nitrogen and oxygen atoms in total. The summed E-state index contributed by atoms with van der Waals surface area (Å²) in [5.74, 6) is -0.125. The van der Waals surface area contributed by atoms with Gasteiger partial charge in [-0.25, -0.2) is 0 Å². The number of benzene rings is 2. The van der Waals surface area contributed by atoms with Crippen LogP contribution in [0.25, 0.3) is 0 Å². The molecule has 2 aromatic carbocycles. The summed E-state index contributed by atoms with van der Waals surface area (Å²) in [6.07, 6.45) is -8.19. The molecule has 0 amide bonds. The molecule has 0 N–H and O–H groups in total. The highest BCUT2D eigenvalue weighted by atomic mass is 16.8. The van der Waals surface area contributed by atoms with Crippen molar-refractivity contribution >= 4 is 0 Å². The van der Waals surface area contributed by atoms with Gasteiger partial charge in [-0.2, -0.15) is 0 Å². The predicted molar refractivity (Wildman–Crippen MR) is 275 cm³/mol. The Bertz CT molecular complexity index is 1970. The second-order valence-corrected chi connectivity index (χ2v) is 22.3. The van der Waals surface area contributed by atoms with Crippen LogP contribution in [0.4, 0.5) is 0 Å². The van der Waals surface area contributed by atoms with Crippen LogP contribution in [-0.2, 0) is 87.1 Å². The Balaban J connectivity index is 0.919. The molecule has 0 aromatic heterocycles. The van der Waals surface area contributed by atoms with Crippen molar-refractivity contribution in [2.75, 3.05) is 68.6 Å². The summed E-state index contributed by atoms with van der Waals surface area (Å²) in [4.78, 5) is 0. The van der Waals surface area contributed by atoms with Crippen molar-refractivity contribution in [3.8, 4) is 0 Å². The van der Waals surface area contributed by atoms with E-state index in [9.17, 15) is 0 Å². The molecule has 26 atom stereocenters. The van der Waals surface area contributed by atoms with Crippen molar-refractivity contribution in [1.29, 1.82) is 0 Å². The van der Waals surface area contributed by atoms with Crippen LogP contribution in [0.15, 0.2) is 60.7 Å². The van der Waals surface area contributed by atoms with Gasteiger partial charge in [-0.1, -0.05) is 116 Å². The summed E-state index contributed by atoms with van der Waals surface area (Å²) < 4.78 is 111. The monoisotopic (exact) mass is 1060 g/mol. The molecular weight excluding hydrogens is 969 g/mol. The van der Waals surface area contributed by atoms with Crippen LogP contribution >= 0.6 is 0 Å². The second-order valence-electron chi connectivity index (χ2n) is 22.3. The van der Waals surface area contributed by atoms with Crippen molar-refractivity contribution in [2.45, 2.75) is 180 Å². The minimum atomic E-state index is -0.788. The molecule has 0 aliphatic carbocycles. The average Bonchev–Trinajstić information content (AvgIpc) is 3.41. The third-order valence-electron chi connectivity index (χ3n) is 17.6. The maximum Gasteiger partial charge on any atom is 0.185 e. The van der Waals surface area contributed by atoms with Crippen LogP contribution < -0.4 is 0 Å². The number of hydrogen-bond donors (Lipinski definition) is 0. The number of ether oxygens (including phenoxy) is 17. The lowest BCUT2D eigenvalue weighted by atomic mass is 9.81. The van der Waals surface area contributed by atoms with Crippen LogP contribution in [0.1, 0.15) is 79.7 Å². The maximum atomic E-state index is 7.08. The lowest BCUT2D eigenvalue weighted by Crippen LogP contribution is -2.63. The molecule has 75 heavy (non-hydrogen) atoms. The maximum absolute atomic E-state index is 7.08. The standard InChI is InChI=1S/C58H90O17/c1-31-32(2)47(45(66-39(31)9)29-64-25-40-21-17-15-18-22-40)74-57-52(62-13)37(7)50(43(69-57)27-60-11)71-54-35(5)33(3)48(42(67-54)26-59-10)75-58-53(63-14)38(8)51(44(70-58)28-61-12)72-55-36(6)34(4)49-46(68-55)30-65-56(73-49)41-23-19-16-20-24-41/h15-24,31-39,42-58H,25-30H2,1-14H3/t31?,32-,33?,34-,35?,36?,37?,38+,39+,42+,43+,44?,45?,46?,47+,48+,49+,50+,51+,52?,53?,54-,55-,56?,57+,58+/m1/s1. The quantitative estimate of drug-likeness (QED) is 0.120. The minimum absolute atomic E-state index is 0.00173. The summed E-state index contributed by atoms with van der Waals surface area (Å²) in [6.45, 7) is 21.4. The number of methoxy groups -OCH3 is 5. The van der Waals surface area contributed by atoms with Crippen molar-refractivity contribution < 1.29 is 80.5 Å². The van der Waals surface area contributed by atoms with E-state index in [4.69, 9.17) is 80.5 Å². The molecule has 6 heterocycles. The van der Waals surface area contributed by atoms with E-state index < -0.39 is 80.3 Å². The van der Waals surface area contributed by atoms with Gasteiger partial charge in [-0.3, -0.25) is 0 Å². The van der Waals surface area contributed by atoms with E-state index in [1.807, 2.05) is 48.5 Å². The molecule has 424 valence electrons. The number of fused-ring (bicyclic) bond motifs is 1. The molecule has 8 rings (SSSR count). The predicted octanol–water partition coefficient (Wildman–Crippen LogP) is 7.60. The summed E-state index contributed by atoms with van der Waals surface area (Å²) in [6, 6.07) is 20.2. The first-order valence-corrected chi connectivity index (χ1v) is 27.6. The zero-order chi connectivity index (χ0) is 53.5. The Kier molecular flexibility index (Phi) is 21.4. The Hall–Kier alpha value is -2.24. The second kappa shape index (κ2) is 27.3. The smallest absolute Gasteiger partial charge is 0.185 e. The molecule has 0 radical (unpaired) electrons. The molecule has 6 aliphatic heterocycles. The van der Waals surface area contributed by atoms with Gasteiger partial charge >= 0.3 is 0 Å². The van der Waals surface area contributed by atoms with Gasteiger partial charge in [0.25, 0.3) is 0 Å². The Morgan fingerprint density at radius 3 is 1.37 bits per heavy atom. The normalized spacial score (nSPS) is 44.5. The molecular formula is C58H90O17. The molecule has 0 spiro atoms. The van der Waals surface area contributed by atoms with Gasteiger partial charge in [0.15, 0.2) is 31.5 Å². The summed E-state index contributed by atoms with van der Waals surface area (Å²) in [7, 11) is 8.35. The first-order valence-electron chi connectivity index (χ1n) is 27.6.